The van der Waals surface area contributed by atoms with Crippen LogP contribution in [-0.2, 0) is 12.8 Å². The highest BCUT2D eigenvalue weighted by molar-refractivity contribution is 7.11. The molecule has 0 radical (unpaired) electrons. The van der Waals surface area contributed by atoms with Gasteiger partial charge in [-0.1, -0.05) is 6.07 Å². The molecule has 3 nitrogen and oxygen atoms in total. The van der Waals surface area contributed by atoms with Crippen molar-refractivity contribution in [2.45, 2.75) is 26.7 Å². The molecule has 0 fully saturated rings. The summed E-state index contributed by atoms with van der Waals surface area (Å²) >= 11 is 1.59. The van der Waals surface area contributed by atoms with Crippen LogP contribution in [0.25, 0.3) is 0 Å². The van der Waals surface area contributed by atoms with Crippen LogP contribution in [0.2, 0.25) is 0 Å². The molecule has 1 aromatic carbocycles. The Bertz CT molecular complexity index is 578. The van der Waals surface area contributed by atoms with Crippen molar-refractivity contribution in [1.29, 1.82) is 5.26 Å². The van der Waals surface area contributed by atoms with Gasteiger partial charge in [0.25, 0.3) is 0 Å². The number of aromatic nitrogens is 1. The SMILES string of the molecule is Cc1cc(C)cc(OCCc2ncc(CC#N)s2)c1. The topological polar surface area (TPSA) is 45.9 Å². The molecule has 0 spiro atoms. The number of rotatable bonds is 5. The minimum absolute atomic E-state index is 0.440. The Hall–Kier alpha value is -1.86. The lowest BCUT2D eigenvalue weighted by molar-refractivity contribution is 0.321. The molecule has 0 amide bonds. The van der Waals surface area contributed by atoms with E-state index in [4.69, 9.17) is 10.00 Å². The van der Waals surface area contributed by atoms with E-state index in [9.17, 15) is 0 Å². The predicted molar refractivity (Wildman–Crippen MR) is 76.5 cm³/mol. The summed E-state index contributed by atoms with van der Waals surface area (Å²) in [5.41, 5.74) is 2.42. The van der Waals surface area contributed by atoms with E-state index in [1.165, 1.54) is 11.1 Å². The van der Waals surface area contributed by atoms with E-state index in [2.05, 4.69) is 31.0 Å². The molecule has 0 aliphatic carbocycles. The number of aryl methyl sites for hydroxylation is 2. The molecule has 2 aromatic rings. The molecule has 0 saturated carbocycles. The van der Waals surface area contributed by atoms with Gasteiger partial charge >= 0.3 is 0 Å². The van der Waals surface area contributed by atoms with Gasteiger partial charge in [0, 0.05) is 17.5 Å². The molecule has 98 valence electrons. The van der Waals surface area contributed by atoms with Crippen LogP contribution >= 0.6 is 11.3 Å². The zero-order valence-electron chi connectivity index (χ0n) is 11.1. The fourth-order valence-electron chi connectivity index (χ4n) is 1.90. The van der Waals surface area contributed by atoms with Crippen molar-refractivity contribution in [1.82, 2.24) is 4.98 Å². The molecule has 1 aromatic heterocycles. The average Bonchev–Trinajstić information content (AvgIpc) is 2.76. The fourth-order valence-corrected chi connectivity index (χ4v) is 2.73. The Morgan fingerprint density at radius 2 is 2.00 bits per heavy atom. The van der Waals surface area contributed by atoms with E-state index in [0.29, 0.717) is 13.0 Å². The third-order valence-corrected chi connectivity index (χ3v) is 3.69. The van der Waals surface area contributed by atoms with Crippen LogP contribution in [0, 0.1) is 25.2 Å². The highest BCUT2D eigenvalue weighted by Gasteiger charge is 2.03. The highest BCUT2D eigenvalue weighted by Crippen LogP contribution is 2.18. The number of ether oxygens (including phenoxy) is 1. The maximum atomic E-state index is 8.61. The summed E-state index contributed by atoms with van der Waals surface area (Å²) in [7, 11) is 0. The Labute approximate surface area is 117 Å². The van der Waals surface area contributed by atoms with E-state index < -0.39 is 0 Å². The van der Waals surface area contributed by atoms with Crippen LogP contribution in [0.4, 0.5) is 0 Å². The molecule has 0 N–H and O–H groups in total. The van der Waals surface area contributed by atoms with Gasteiger partial charge in [-0.15, -0.1) is 11.3 Å². The maximum absolute atomic E-state index is 8.61. The molecule has 2 rings (SSSR count). The zero-order valence-corrected chi connectivity index (χ0v) is 12.0. The number of nitrogens with zero attached hydrogens (tertiary/aromatic N) is 2. The van der Waals surface area contributed by atoms with E-state index in [1.807, 2.05) is 12.1 Å². The Kier molecular flexibility index (Phi) is 4.53. The third kappa shape index (κ3) is 4.08. The van der Waals surface area contributed by atoms with Crippen molar-refractivity contribution in [3.8, 4) is 11.8 Å². The van der Waals surface area contributed by atoms with E-state index in [1.54, 1.807) is 17.5 Å². The monoisotopic (exact) mass is 272 g/mol. The summed E-state index contributed by atoms with van der Waals surface area (Å²) in [6.45, 7) is 4.74. The molecule has 0 atom stereocenters. The molecule has 0 saturated heterocycles. The van der Waals surface area contributed by atoms with Crippen molar-refractivity contribution >= 4 is 11.3 Å². The lowest BCUT2D eigenvalue weighted by Gasteiger charge is -2.07. The first-order valence-corrected chi connectivity index (χ1v) is 7.00. The summed E-state index contributed by atoms with van der Waals surface area (Å²) in [6, 6.07) is 8.33. The van der Waals surface area contributed by atoms with Gasteiger partial charge in [-0.3, -0.25) is 0 Å². The molecule has 19 heavy (non-hydrogen) atoms. The van der Waals surface area contributed by atoms with E-state index >= 15 is 0 Å². The van der Waals surface area contributed by atoms with Gasteiger partial charge < -0.3 is 4.74 Å². The first kappa shape index (κ1) is 13.6. The van der Waals surface area contributed by atoms with Gasteiger partial charge in [-0.05, 0) is 37.1 Å². The Morgan fingerprint density at radius 3 is 2.68 bits per heavy atom. The van der Waals surface area contributed by atoms with Gasteiger partial charge in [-0.2, -0.15) is 5.26 Å². The highest BCUT2D eigenvalue weighted by atomic mass is 32.1. The molecular formula is C15H16N2OS. The second kappa shape index (κ2) is 6.35. The smallest absolute Gasteiger partial charge is 0.119 e. The largest absolute Gasteiger partial charge is 0.493 e. The molecule has 0 aliphatic rings. The van der Waals surface area contributed by atoms with E-state index in [0.717, 1.165) is 22.1 Å². The quantitative estimate of drug-likeness (QED) is 0.837. The number of hydrogen-bond donors (Lipinski definition) is 0. The lowest BCUT2D eigenvalue weighted by atomic mass is 10.1. The van der Waals surface area contributed by atoms with Gasteiger partial charge in [-0.25, -0.2) is 4.98 Å². The summed E-state index contributed by atoms with van der Waals surface area (Å²) in [5.74, 6) is 0.909. The van der Waals surface area contributed by atoms with Crippen LogP contribution in [-0.4, -0.2) is 11.6 Å². The van der Waals surface area contributed by atoms with Gasteiger partial charge in [0.2, 0.25) is 0 Å². The summed E-state index contributed by atoms with van der Waals surface area (Å²) in [4.78, 5) is 5.31. The van der Waals surface area contributed by atoms with Crippen molar-refractivity contribution in [3.05, 3.63) is 45.4 Å². The number of benzene rings is 1. The summed E-state index contributed by atoms with van der Waals surface area (Å²) < 4.78 is 5.74. The number of nitriles is 1. The normalized spacial score (nSPS) is 10.2. The minimum atomic E-state index is 0.440. The molecule has 0 bridgehead atoms. The maximum Gasteiger partial charge on any atom is 0.119 e. The van der Waals surface area contributed by atoms with Crippen LogP contribution < -0.4 is 4.74 Å². The van der Waals surface area contributed by atoms with Crippen molar-refractivity contribution < 1.29 is 4.74 Å². The zero-order chi connectivity index (χ0) is 13.7. The van der Waals surface area contributed by atoms with Gasteiger partial charge in [0.15, 0.2) is 0 Å². The molecule has 4 heteroatoms. The number of thiazole rings is 1. The first-order valence-electron chi connectivity index (χ1n) is 6.19. The van der Waals surface area contributed by atoms with Crippen molar-refractivity contribution in [2.75, 3.05) is 6.61 Å². The third-order valence-electron chi connectivity index (χ3n) is 2.63. The number of hydrogen-bond acceptors (Lipinski definition) is 4. The Morgan fingerprint density at radius 1 is 1.26 bits per heavy atom. The van der Waals surface area contributed by atoms with Crippen LogP contribution in [0.15, 0.2) is 24.4 Å². The summed E-state index contributed by atoms with van der Waals surface area (Å²) in [6.07, 6.45) is 3.00. The van der Waals surface area contributed by atoms with E-state index in [-0.39, 0.29) is 0 Å². The minimum Gasteiger partial charge on any atom is -0.493 e. The standard InChI is InChI=1S/C15H16N2OS/c1-11-7-12(2)9-13(8-11)18-6-4-15-17-10-14(19-15)3-5-16/h7-10H,3-4,6H2,1-2H3. The van der Waals surface area contributed by atoms with Gasteiger partial charge in [0.05, 0.1) is 24.1 Å². The lowest BCUT2D eigenvalue weighted by Crippen LogP contribution is -2.01. The molecule has 1 heterocycles. The summed E-state index contributed by atoms with van der Waals surface area (Å²) in [5, 5.41) is 9.63. The van der Waals surface area contributed by atoms with Crippen LogP contribution in [0.1, 0.15) is 21.0 Å². The fraction of sp³-hybridized carbons (Fsp3) is 0.333. The molecular weight excluding hydrogens is 256 g/mol. The Balaban J connectivity index is 1.87. The average molecular weight is 272 g/mol. The van der Waals surface area contributed by atoms with Crippen LogP contribution in [0.5, 0.6) is 5.75 Å². The van der Waals surface area contributed by atoms with Crippen molar-refractivity contribution in [3.63, 3.8) is 0 Å². The van der Waals surface area contributed by atoms with Crippen molar-refractivity contribution in [2.24, 2.45) is 0 Å². The van der Waals surface area contributed by atoms with Gasteiger partial charge in [0.1, 0.15) is 5.75 Å². The predicted octanol–water partition coefficient (Wildman–Crippen LogP) is 3.45. The molecule has 0 unspecified atom stereocenters. The van der Waals surface area contributed by atoms with Crippen LogP contribution in [0.3, 0.4) is 0 Å². The second-order valence-corrected chi connectivity index (χ2v) is 5.68. The first-order chi connectivity index (χ1) is 9.17. The second-order valence-electron chi connectivity index (χ2n) is 4.48. The molecule has 0 aliphatic heterocycles.